The highest BCUT2D eigenvalue weighted by Gasteiger charge is 2.44. The minimum atomic E-state index is -0.663. The minimum Gasteiger partial charge on any atom is -0.481 e. The summed E-state index contributed by atoms with van der Waals surface area (Å²) >= 11 is 0. The summed E-state index contributed by atoms with van der Waals surface area (Å²) in [5.41, 5.74) is 12.2. The lowest BCUT2D eigenvalue weighted by molar-refractivity contribution is -0.138. The lowest BCUT2D eigenvalue weighted by atomic mass is 10.1. The third-order valence-electron chi connectivity index (χ3n) is 7.83. The fraction of sp³-hybridized carbons (Fsp3) is 0.333. The summed E-state index contributed by atoms with van der Waals surface area (Å²) in [5.74, 6) is 0.100. The Labute approximate surface area is 254 Å². The molecule has 0 radical (unpaired) electrons. The first-order valence-electron chi connectivity index (χ1n) is 14.9. The molecule has 6 atom stereocenters. The van der Waals surface area contributed by atoms with Crippen molar-refractivity contribution in [3.05, 3.63) is 131 Å². The highest BCUT2D eigenvalue weighted by atomic mass is 16.4. The van der Waals surface area contributed by atoms with E-state index < -0.39 is 5.97 Å². The van der Waals surface area contributed by atoms with Gasteiger partial charge in [-0.15, -0.1) is 0 Å². The molecule has 2 aliphatic rings. The summed E-state index contributed by atoms with van der Waals surface area (Å²) in [7, 11) is 0. The van der Waals surface area contributed by atoms with E-state index in [-0.39, 0.29) is 35.7 Å². The number of hydrogen-bond donors (Lipinski definition) is 3. The third-order valence-corrected chi connectivity index (χ3v) is 7.83. The van der Waals surface area contributed by atoms with Crippen LogP contribution in [-0.4, -0.2) is 27.0 Å². The molecule has 2 aliphatic carbocycles. The van der Waals surface area contributed by atoms with Crippen molar-refractivity contribution in [3.8, 4) is 0 Å². The Morgan fingerprint density at radius 1 is 0.744 bits per heavy atom. The van der Waals surface area contributed by atoms with Crippen LogP contribution in [0.1, 0.15) is 84.3 Å². The first kappa shape index (κ1) is 31.6. The molecular weight excluding hydrogens is 536 g/mol. The number of carboxylic acid groups (broad SMARTS) is 1. The van der Waals surface area contributed by atoms with Gasteiger partial charge >= 0.3 is 5.97 Å². The maximum Gasteiger partial charge on any atom is 0.307 e. The number of carbonyl (C=O) groups is 2. The SMILES string of the molecule is Cc1ccc([C@H](C)N)nc1.Cc1ccc([C@H](C)NC(=O)[C@H]2C[C@@H]2c2ccccc2)nc1.O=C(O)[C@H]1C[C@@H]1c1ccccc1. The van der Waals surface area contributed by atoms with Gasteiger partial charge in [-0.25, -0.2) is 0 Å². The molecule has 2 fully saturated rings. The van der Waals surface area contributed by atoms with Gasteiger partial charge in [0.1, 0.15) is 0 Å². The molecule has 0 bridgehead atoms. The van der Waals surface area contributed by atoms with Crippen LogP contribution in [-0.2, 0) is 9.59 Å². The molecule has 2 heterocycles. The smallest absolute Gasteiger partial charge is 0.307 e. The van der Waals surface area contributed by atoms with Gasteiger partial charge in [-0.05, 0) is 86.8 Å². The summed E-state index contributed by atoms with van der Waals surface area (Å²) in [5, 5.41) is 11.8. The third kappa shape index (κ3) is 9.32. The van der Waals surface area contributed by atoms with Crippen LogP contribution in [0.2, 0.25) is 0 Å². The largest absolute Gasteiger partial charge is 0.481 e. The van der Waals surface area contributed by atoms with Crippen molar-refractivity contribution in [2.24, 2.45) is 17.6 Å². The first-order chi connectivity index (χ1) is 20.6. The van der Waals surface area contributed by atoms with E-state index >= 15 is 0 Å². The second-order valence-corrected chi connectivity index (χ2v) is 11.6. The van der Waals surface area contributed by atoms with Crippen molar-refractivity contribution in [2.45, 2.75) is 64.5 Å². The second kappa shape index (κ2) is 14.7. The molecule has 0 aliphatic heterocycles. The zero-order valence-corrected chi connectivity index (χ0v) is 25.4. The van der Waals surface area contributed by atoms with E-state index in [1.165, 1.54) is 11.1 Å². The van der Waals surface area contributed by atoms with Crippen LogP contribution in [0.5, 0.6) is 0 Å². The lowest BCUT2D eigenvalue weighted by Gasteiger charge is -2.13. The number of amides is 1. The molecule has 0 spiro atoms. The molecule has 7 heteroatoms. The van der Waals surface area contributed by atoms with E-state index in [4.69, 9.17) is 10.8 Å². The van der Waals surface area contributed by atoms with Gasteiger partial charge in [-0.1, -0.05) is 72.8 Å². The zero-order chi connectivity index (χ0) is 30.9. The van der Waals surface area contributed by atoms with Crippen LogP contribution in [0.3, 0.4) is 0 Å². The molecule has 4 aromatic rings. The van der Waals surface area contributed by atoms with Gasteiger partial charge in [-0.2, -0.15) is 0 Å². The van der Waals surface area contributed by atoms with E-state index in [0.29, 0.717) is 5.92 Å². The predicted molar refractivity (Wildman–Crippen MR) is 169 cm³/mol. The average molecular weight is 579 g/mol. The van der Waals surface area contributed by atoms with Crippen molar-refractivity contribution < 1.29 is 14.7 Å². The van der Waals surface area contributed by atoms with Crippen molar-refractivity contribution in [3.63, 3.8) is 0 Å². The number of aromatic nitrogens is 2. The maximum atomic E-state index is 12.3. The Hall–Kier alpha value is -4.36. The lowest BCUT2D eigenvalue weighted by Crippen LogP contribution is -2.28. The number of rotatable bonds is 7. The highest BCUT2D eigenvalue weighted by Crippen LogP contribution is 2.48. The van der Waals surface area contributed by atoms with Gasteiger partial charge in [0.15, 0.2) is 0 Å². The molecular formula is C36H42N4O3. The average Bonchev–Trinajstić information content (AvgIpc) is 3.93. The van der Waals surface area contributed by atoms with E-state index in [1.54, 1.807) is 0 Å². The number of aryl methyl sites for hydroxylation is 2. The van der Waals surface area contributed by atoms with Crippen LogP contribution < -0.4 is 11.1 Å². The molecule has 4 N–H and O–H groups in total. The molecule has 224 valence electrons. The van der Waals surface area contributed by atoms with E-state index in [9.17, 15) is 9.59 Å². The molecule has 1 amide bonds. The van der Waals surface area contributed by atoms with Crippen LogP contribution in [0, 0.1) is 25.7 Å². The fourth-order valence-corrected chi connectivity index (χ4v) is 4.97. The topological polar surface area (TPSA) is 118 Å². The predicted octanol–water partition coefficient (Wildman–Crippen LogP) is 6.66. The van der Waals surface area contributed by atoms with Gasteiger partial charge in [0, 0.05) is 24.4 Å². The molecule has 7 nitrogen and oxygen atoms in total. The Balaban J connectivity index is 0.000000163. The summed E-state index contributed by atoms with van der Waals surface area (Å²) in [4.78, 5) is 31.4. The molecule has 0 unspecified atom stereocenters. The number of carbonyl (C=O) groups excluding carboxylic acids is 1. The summed E-state index contributed by atoms with van der Waals surface area (Å²) in [6, 6.07) is 28.1. The summed E-state index contributed by atoms with van der Waals surface area (Å²) < 4.78 is 0. The standard InChI is InChI=1S/C18H20N2O.C10H10O2.C8H12N2/c1-12-8-9-17(19-11-12)13(2)20-18(21)16-10-15(16)14-6-4-3-5-7-14;11-10(12)9-6-8(9)7-4-2-1-3-5-7;1-6-3-4-8(7(2)9)10-5-6/h3-9,11,13,15-16H,10H2,1-2H3,(H,20,21);1-5,8-9H,6H2,(H,11,12);3-5,7H,9H2,1-2H3/t13-,15+,16-;8-,9+;7-/m010/s1. The fourth-order valence-electron chi connectivity index (χ4n) is 4.97. The number of benzene rings is 2. The number of hydrogen-bond acceptors (Lipinski definition) is 5. The van der Waals surface area contributed by atoms with Crippen molar-refractivity contribution >= 4 is 11.9 Å². The van der Waals surface area contributed by atoms with Crippen LogP contribution in [0.4, 0.5) is 0 Å². The summed E-state index contributed by atoms with van der Waals surface area (Å²) in [6.07, 6.45) is 5.42. The minimum absolute atomic E-state index is 0.0422. The molecule has 43 heavy (non-hydrogen) atoms. The number of pyridine rings is 2. The van der Waals surface area contributed by atoms with Crippen LogP contribution >= 0.6 is 0 Å². The summed E-state index contributed by atoms with van der Waals surface area (Å²) in [6.45, 7) is 7.93. The zero-order valence-electron chi connectivity index (χ0n) is 25.4. The van der Waals surface area contributed by atoms with Gasteiger partial charge < -0.3 is 16.2 Å². The van der Waals surface area contributed by atoms with Crippen LogP contribution in [0.15, 0.2) is 97.3 Å². The highest BCUT2D eigenvalue weighted by molar-refractivity contribution is 5.83. The maximum absolute atomic E-state index is 12.3. The molecule has 2 aromatic carbocycles. The molecule has 2 saturated carbocycles. The van der Waals surface area contributed by atoms with Crippen molar-refractivity contribution in [2.75, 3.05) is 0 Å². The van der Waals surface area contributed by atoms with Gasteiger partial charge in [0.25, 0.3) is 0 Å². The van der Waals surface area contributed by atoms with Gasteiger partial charge in [0.05, 0.1) is 23.3 Å². The number of carboxylic acids is 1. The van der Waals surface area contributed by atoms with Crippen LogP contribution in [0.25, 0.3) is 0 Å². The van der Waals surface area contributed by atoms with E-state index in [2.05, 4.69) is 27.4 Å². The number of aliphatic carboxylic acids is 1. The van der Waals surface area contributed by atoms with E-state index in [0.717, 1.165) is 35.4 Å². The Kier molecular flexibility index (Phi) is 10.8. The van der Waals surface area contributed by atoms with Crippen molar-refractivity contribution in [1.29, 1.82) is 0 Å². The Morgan fingerprint density at radius 3 is 1.63 bits per heavy atom. The monoisotopic (exact) mass is 578 g/mol. The van der Waals surface area contributed by atoms with Gasteiger partial charge in [-0.3, -0.25) is 19.6 Å². The molecule has 0 saturated heterocycles. The van der Waals surface area contributed by atoms with E-state index in [1.807, 2.05) is 113 Å². The number of nitrogens with one attached hydrogen (secondary N) is 1. The molecule has 2 aromatic heterocycles. The second-order valence-electron chi connectivity index (χ2n) is 11.6. The number of nitrogens with two attached hydrogens (primary N) is 1. The van der Waals surface area contributed by atoms with Crippen molar-refractivity contribution in [1.82, 2.24) is 15.3 Å². The Morgan fingerprint density at radius 2 is 1.21 bits per heavy atom. The van der Waals surface area contributed by atoms with Gasteiger partial charge in [0.2, 0.25) is 5.91 Å². The number of nitrogens with zero attached hydrogens (tertiary/aromatic N) is 2. The molecule has 6 rings (SSSR count). The first-order valence-corrected chi connectivity index (χ1v) is 14.9. The normalized spacial score (nSPS) is 21.0. The Bertz CT molecular complexity index is 1460. The quantitative estimate of drug-likeness (QED) is 0.226.